The summed E-state index contributed by atoms with van der Waals surface area (Å²) in [5.74, 6) is 0. The van der Waals surface area contributed by atoms with Crippen LogP contribution >= 0.6 is 0 Å². The van der Waals surface area contributed by atoms with Gasteiger partial charge in [-0.15, -0.1) is 0 Å². The molecule has 0 N–H and O–H groups in total. The van der Waals surface area contributed by atoms with Crippen LogP contribution in [0.1, 0.15) is 30.4 Å². The van der Waals surface area contributed by atoms with E-state index in [9.17, 15) is 0 Å². The van der Waals surface area contributed by atoms with Gasteiger partial charge in [-0.2, -0.15) is 0 Å². The van der Waals surface area contributed by atoms with Crippen molar-refractivity contribution in [1.82, 2.24) is 4.90 Å². The van der Waals surface area contributed by atoms with E-state index in [1.165, 1.54) is 43.5 Å². The summed E-state index contributed by atoms with van der Waals surface area (Å²) in [4.78, 5) is 2.43. The van der Waals surface area contributed by atoms with Gasteiger partial charge in [0, 0.05) is 6.54 Å². The van der Waals surface area contributed by atoms with Crippen molar-refractivity contribution >= 4 is 6.08 Å². The molecule has 1 aliphatic heterocycles. The van der Waals surface area contributed by atoms with Crippen molar-refractivity contribution in [2.24, 2.45) is 0 Å². The molecule has 16 heavy (non-hydrogen) atoms. The van der Waals surface area contributed by atoms with E-state index in [-0.39, 0.29) is 0 Å². The largest absolute Gasteiger partial charge is 0.306 e. The average Bonchev–Trinajstić information content (AvgIpc) is 2.47. The Labute approximate surface area is 98.8 Å². The minimum Gasteiger partial charge on any atom is -0.306 e. The maximum Gasteiger partial charge on any atom is 0.00156 e. The Hall–Kier alpha value is -1.08. The van der Waals surface area contributed by atoms with E-state index in [1.807, 2.05) is 0 Å². The van der Waals surface area contributed by atoms with Gasteiger partial charge in [-0.3, -0.25) is 0 Å². The maximum absolute atomic E-state index is 2.43. The zero-order valence-corrected chi connectivity index (χ0v) is 10.4. The van der Waals surface area contributed by atoms with Crippen LogP contribution in [0.3, 0.4) is 0 Å². The summed E-state index contributed by atoms with van der Waals surface area (Å²) >= 11 is 0. The lowest BCUT2D eigenvalue weighted by atomic mass is 10.0. The monoisotopic (exact) mass is 215 g/mol. The molecular formula is C15H21N. The first-order valence-electron chi connectivity index (χ1n) is 6.19. The standard InChI is InChI=1S/C15H21N/c1-13-5-7-15(8-6-13)12-14-4-3-10-16(2)11-9-14/h5-8,12H,3-4,9-11H2,1-2H3. The predicted molar refractivity (Wildman–Crippen MR) is 70.5 cm³/mol. The third-order valence-corrected chi connectivity index (χ3v) is 3.30. The molecule has 1 heterocycles. The number of aryl methyl sites for hydroxylation is 1. The quantitative estimate of drug-likeness (QED) is 0.693. The van der Waals surface area contributed by atoms with E-state index < -0.39 is 0 Å². The molecular weight excluding hydrogens is 194 g/mol. The molecule has 1 aliphatic rings. The molecule has 0 unspecified atom stereocenters. The van der Waals surface area contributed by atoms with E-state index in [0.717, 1.165) is 0 Å². The minimum atomic E-state index is 1.21. The Morgan fingerprint density at radius 1 is 1.06 bits per heavy atom. The second kappa shape index (κ2) is 5.31. The van der Waals surface area contributed by atoms with Crippen molar-refractivity contribution in [1.29, 1.82) is 0 Å². The minimum absolute atomic E-state index is 1.21. The molecule has 1 saturated heterocycles. The van der Waals surface area contributed by atoms with Crippen LogP contribution in [0.4, 0.5) is 0 Å². The number of benzene rings is 1. The normalized spacial score (nSPS) is 21.0. The third kappa shape index (κ3) is 3.21. The Balaban J connectivity index is 2.08. The third-order valence-electron chi connectivity index (χ3n) is 3.30. The molecule has 1 aromatic carbocycles. The Bertz CT molecular complexity index is 362. The molecule has 1 nitrogen and oxygen atoms in total. The number of hydrogen-bond acceptors (Lipinski definition) is 1. The molecule has 0 atom stereocenters. The molecule has 86 valence electrons. The predicted octanol–water partition coefficient (Wildman–Crippen LogP) is 3.49. The fraction of sp³-hybridized carbons (Fsp3) is 0.467. The molecule has 1 aromatic rings. The summed E-state index contributed by atoms with van der Waals surface area (Å²) in [7, 11) is 2.22. The van der Waals surface area contributed by atoms with Crippen LogP contribution in [0.5, 0.6) is 0 Å². The highest BCUT2D eigenvalue weighted by Gasteiger charge is 2.07. The van der Waals surface area contributed by atoms with E-state index >= 15 is 0 Å². The number of rotatable bonds is 1. The molecule has 0 radical (unpaired) electrons. The average molecular weight is 215 g/mol. The SMILES string of the molecule is Cc1ccc(C=C2CCCN(C)CC2)cc1. The Kier molecular flexibility index (Phi) is 3.79. The van der Waals surface area contributed by atoms with E-state index in [0.29, 0.717) is 0 Å². The molecule has 0 spiro atoms. The van der Waals surface area contributed by atoms with Crippen LogP contribution in [-0.2, 0) is 0 Å². The Morgan fingerprint density at radius 2 is 1.81 bits per heavy atom. The first-order valence-corrected chi connectivity index (χ1v) is 6.19. The van der Waals surface area contributed by atoms with Crippen molar-refractivity contribution in [2.45, 2.75) is 26.2 Å². The summed E-state index contributed by atoms with van der Waals surface area (Å²) in [6.07, 6.45) is 6.16. The summed E-state index contributed by atoms with van der Waals surface area (Å²) in [5, 5.41) is 0. The van der Waals surface area contributed by atoms with Crippen molar-refractivity contribution in [3.05, 3.63) is 41.0 Å². The molecule has 0 saturated carbocycles. The molecule has 1 heteroatoms. The molecule has 2 rings (SSSR count). The lowest BCUT2D eigenvalue weighted by Gasteiger charge is -2.10. The number of hydrogen-bond donors (Lipinski definition) is 0. The van der Waals surface area contributed by atoms with Gasteiger partial charge in [0.15, 0.2) is 0 Å². The van der Waals surface area contributed by atoms with Crippen LogP contribution < -0.4 is 0 Å². The van der Waals surface area contributed by atoms with Gasteiger partial charge in [-0.05, 0) is 45.3 Å². The molecule has 1 fully saturated rings. The van der Waals surface area contributed by atoms with Gasteiger partial charge in [0.05, 0.1) is 0 Å². The van der Waals surface area contributed by atoms with Crippen molar-refractivity contribution < 1.29 is 0 Å². The zero-order chi connectivity index (χ0) is 11.4. The van der Waals surface area contributed by atoms with Gasteiger partial charge in [0.2, 0.25) is 0 Å². The molecule has 0 aromatic heterocycles. The summed E-state index contributed by atoms with van der Waals surface area (Å²) < 4.78 is 0. The van der Waals surface area contributed by atoms with Crippen molar-refractivity contribution in [3.63, 3.8) is 0 Å². The van der Waals surface area contributed by atoms with E-state index in [1.54, 1.807) is 5.57 Å². The van der Waals surface area contributed by atoms with E-state index in [2.05, 4.69) is 49.2 Å². The summed E-state index contributed by atoms with van der Waals surface area (Å²) in [6, 6.07) is 8.82. The van der Waals surface area contributed by atoms with Gasteiger partial charge in [-0.25, -0.2) is 0 Å². The second-order valence-electron chi connectivity index (χ2n) is 4.87. The summed E-state index contributed by atoms with van der Waals surface area (Å²) in [5.41, 5.74) is 4.29. The van der Waals surface area contributed by atoms with Crippen molar-refractivity contribution in [2.75, 3.05) is 20.1 Å². The van der Waals surface area contributed by atoms with Gasteiger partial charge >= 0.3 is 0 Å². The smallest absolute Gasteiger partial charge is 0.00156 e. The van der Waals surface area contributed by atoms with Crippen LogP contribution in [0.2, 0.25) is 0 Å². The first-order chi connectivity index (χ1) is 7.74. The first kappa shape index (κ1) is 11.4. The lowest BCUT2D eigenvalue weighted by molar-refractivity contribution is 0.351. The van der Waals surface area contributed by atoms with Gasteiger partial charge in [0.1, 0.15) is 0 Å². The Morgan fingerprint density at radius 3 is 2.56 bits per heavy atom. The number of nitrogens with zero attached hydrogens (tertiary/aromatic N) is 1. The number of likely N-dealkylation sites (tertiary alicyclic amines) is 1. The van der Waals surface area contributed by atoms with Gasteiger partial charge in [0.25, 0.3) is 0 Å². The molecule has 0 bridgehead atoms. The molecule has 0 aliphatic carbocycles. The van der Waals surface area contributed by atoms with Crippen LogP contribution in [0, 0.1) is 6.92 Å². The van der Waals surface area contributed by atoms with Crippen LogP contribution in [-0.4, -0.2) is 25.0 Å². The van der Waals surface area contributed by atoms with Crippen molar-refractivity contribution in [3.8, 4) is 0 Å². The second-order valence-corrected chi connectivity index (χ2v) is 4.87. The fourth-order valence-electron chi connectivity index (χ4n) is 2.19. The topological polar surface area (TPSA) is 3.24 Å². The highest BCUT2D eigenvalue weighted by Crippen LogP contribution is 2.19. The van der Waals surface area contributed by atoms with Crippen LogP contribution in [0.25, 0.3) is 6.08 Å². The highest BCUT2D eigenvalue weighted by atomic mass is 15.1. The van der Waals surface area contributed by atoms with Gasteiger partial charge < -0.3 is 4.90 Å². The fourth-order valence-corrected chi connectivity index (χ4v) is 2.19. The van der Waals surface area contributed by atoms with Gasteiger partial charge in [-0.1, -0.05) is 41.5 Å². The van der Waals surface area contributed by atoms with Crippen LogP contribution in [0.15, 0.2) is 29.8 Å². The zero-order valence-electron chi connectivity index (χ0n) is 10.4. The highest BCUT2D eigenvalue weighted by molar-refractivity contribution is 5.53. The molecule has 0 amide bonds. The lowest BCUT2D eigenvalue weighted by Crippen LogP contribution is -2.18. The van der Waals surface area contributed by atoms with E-state index in [4.69, 9.17) is 0 Å². The summed E-state index contributed by atoms with van der Waals surface area (Å²) in [6.45, 7) is 4.58. The maximum atomic E-state index is 2.43.